The first-order chi connectivity index (χ1) is 15.2. The Bertz CT molecular complexity index is 1360. The summed E-state index contributed by atoms with van der Waals surface area (Å²) in [5.74, 6) is 0.956. The maximum atomic E-state index is 13.1. The molecule has 1 amide bonds. The Labute approximate surface area is 176 Å². The highest BCUT2D eigenvalue weighted by Gasteiger charge is 2.18. The van der Waals surface area contributed by atoms with Crippen molar-refractivity contribution in [1.82, 2.24) is 15.2 Å². The first-order valence-electron chi connectivity index (χ1n) is 9.44. The fourth-order valence-electron chi connectivity index (χ4n) is 3.21. The van der Waals surface area contributed by atoms with E-state index in [1.54, 1.807) is 25.3 Å². The molecule has 5 aromatic rings. The monoisotopic (exact) mass is 412 g/mol. The van der Waals surface area contributed by atoms with Crippen molar-refractivity contribution in [2.45, 2.75) is 0 Å². The number of carbonyl (C=O) groups excluding carboxylic acids is 1. The second-order valence-electron chi connectivity index (χ2n) is 6.64. The van der Waals surface area contributed by atoms with E-state index in [4.69, 9.17) is 18.6 Å². The normalized spacial score (nSPS) is 10.9. The number of para-hydroxylation sites is 1. The van der Waals surface area contributed by atoms with E-state index in [1.165, 1.54) is 6.26 Å². The summed E-state index contributed by atoms with van der Waals surface area (Å²) in [5, 5.41) is 11.2. The molecule has 0 radical (unpaired) electrons. The molecule has 0 fully saturated rings. The number of pyridine rings is 1. The first kappa shape index (κ1) is 18.6. The molecule has 0 aliphatic heterocycles. The quantitative estimate of drug-likeness (QED) is 0.442. The molecule has 3 heterocycles. The number of fused-ring (bicyclic) bond motifs is 1. The summed E-state index contributed by atoms with van der Waals surface area (Å²) in [7, 11) is 1.61. The molecule has 3 aromatic heterocycles. The van der Waals surface area contributed by atoms with Crippen LogP contribution in [-0.4, -0.2) is 28.2 Å². The van der Waals surface area contributed by atoms with Crippen molar-refractivity contribution in [3.63, 3.8) is 0 Å². The van der Waals surface area contributed by atoms with Crippen LogP contribution in [0.25, 0.3) is 33.8 Å². The van der Waals surface area contributed by atoms with Gasteiger partial charge in [0.2, 0.25) is 0 Å². The molecule has 0 aliphatic rings. The summed E-state index contributed by atoms with van der Waals surface area (Å²) in [6.07, 6.45) is 1.50. The molecule has 2 aromatic carbocycles. The number of amides is 1. The molecule has 0 saturated heterocycles. The zero-order valence-corrected chi connectivity index (χ0v) is 16.4. The number of benzene rings is 2. The van der Waals surface area contributed by atoms with Gasteiger partial charge < -0.3 is 13.6 Å². The van der Waals surface area contributed by atoms with Crippen LogP contribution in [0.2, 0.25) is 0 Å². The topological polar surface area (TPSA) is 103 Å². The van der Waals surface area contributed by atoms with E-state index in [0.29, 0.717) is 27.9 Å². The second-order valence-corrected chi connectivity index (χ2v) is 6.64. The van der Waals surface area contributed by atoms with Crippen LogP contribution in [0, 0.1) is 0 Å². The minimum atomic E-state index is -0.386. The molecule has 0 aliphatic carbocycles. The highest BCUT2D eigenvalue weighted by atomic mass is 16.5. The maximum Gasteiger partial charge on any atom is 0.322 e. The summed E-state index contributed by atoms with van der Waals surface area (Å²) < 4.78 is 15.9. The van der Waals surface area contributed by atoms with Crippen molar-refractivity contribution in [1.29, 1.82) is 0 Å². The van der Waals surface area contributed by atoms with Crippen molar-refractivity contribution in [2.75, 3.05) is 12.4 Å². The van der Waals surface area contributed by atoms with E-state index >= 15 is 0 Å². The van der Waals surface area contributed by atoms with E-state index in [2.05, 4.69) is 15.5 Å². The number of carbonyl (C=O) groups is 1. The standard InChI is InChI=1S/C23H16N4O4/c1-29-15-10-8-14(9-11-15)19-13-17(16-5-2-3-6-18(16)24-19)21(28)25-23-27-26-22(31-23)20-7-4-12-30-20/h2-13H,1H3,(H,25,27,28). The number of furan rings is 1. The third-order valence-corrected chi connectivity index (χ3v) is 4.72. The number of aromatic nitrogens is 3. The zero-order chi connectivity index (χ0) is 21.2. The van der Waals surface area contributed by atoms with Gasteiger partial charge in [0.15, 0.2) is 5.76 Å². The smallest absolute Gasteiger partial charge is 0.322 e. The van der Waals surface area contributed by atoms with Gasteiger partial charge in [0.25, 0.3) is 11.8 Å². The van der Waals surface area contributed by atoms with Crippen LogP contribution in [0.15, 0.2) is 81.8 Å². The van der Waals surface area contributed by atoms with Gasteiger partial charge in [-0.25, -0.2) is 4.98 Å². The fraction of sp³-hybridized carbons (Fsp3) is 0.0435. The Kier molecular flexibility index (Phi) is 4.64. The van der Waals surface area contributed by atoms with Crippen LogP contribution in [0.1, 0.15) is 10.4 Å². The molecular formula is C23H16N4O4. The van der Waals surface area contributed by atoms with Gasteiger partial charge in [0, 0.05) is 10.9 Å². The number of hydrogen-bond donors (Lipinski definition) is 1. The minimum absolute atomic E-state index is 0.0247. The SMILES string of the molecule is COc1ccc(-c2cc(C(=O)Nc3nnc(-c4ccco4)o3)c3ccccc3n2)cc1. The van der Waals surface area contributed by atoms with Crippen molar-refractivity contribution in [3.05, 3.63) is 78.6 Å². The molecule has 0 spiro atoms. The van der Waals surface area contributed by atoms with Crippen LogP contribution in [0.5, 0.6) is 5.75 Å². The van der Waals surface area contributed by atoms with E-state index in [9.17, 15) is 4.79 Å². The molecule has 8 nitrogen and oxygen atoms in total. The van der Waals surface area contributed by atoms with Gasteiger partial charge >= 0.3 is 6.01 Å². The lowest BCUT2D eigenvalue weighted by Crippen LogP contribution is -2.13. The number of ether oxygens (including phenoxy) is 1. The lowest BCUT2D eigenvalue weighted by molar-refractivity contribution is 0.102. The zero-order valence-electron chi connectivity index (χ0n) is 16.4. The van der Waals surface area contributed by atoms with E-state index in [1.807, 2.05) is 48.5 Å². The van der Waals surface area contributed by atoms with E-state index < -0.39 is 0 Å². The Morgan fingerprint density at radius 3 is 2.61 bits per heavy atom. The number of nitrogens with zero attached hydrogens (tertiary/aromatic N) is 3. The fourth-order valence-corrected chi connectivity index (χ4v) is 3.21. The lowest BCUT2D eigenvalue weighted by Gasteiger charge is -2.09. The van der Waals surface area contributed by atoms with Gasteiger partial charge in [-0.3, -0.25) is 10.1 Å². The van der Waals surface area contributed by atoms with Gasteiger partial charge in [-0.1, -0.05) is 23.3 Å². The third kappa shape index (κ3) is 3.62. The number of anilines is 1. The van der Waals surface area contributed by atoms with Crippen molar-refractivity contribution in [2.24, 2.45) is 0 Å². The average molecular weight is 412 g/mol. The van der Waals surface area contributed by atoms with Crippen LogP contribution in [0.3, 0.4) is 0 Å². The van der Waals surface area contributed by atoms with E-state index in [0.717, 1.165) is 11.3 Å². The highest BCUT2D eigenvalue weighted by molar-refractivity contribution is 6.12. The number of rotatable bonds is 5. The van der Waals surface area contributed by atoms with Crippen molar-refractivity contribution >= 4 is 22.8 Å². The van der Waals surface area contributed by atoms with Crippen LogP contribution >= 0.6 is 0 Å². The van der Waals surface area contributed by atoms with Crippen LogP contribution in [-0.2, 0) is 0 Å². The second kappa shape index (κ2) is 7.75. The van der Waals surface area contributed by atoms with Gasteiger partial charge in [0.1, 0.15) is 5.75 Å². The molecule has 152 valence electrons. The molecule has 31 heavy (non-hydrogen) atoms. The van der Waals surface area contributed by atoms with Gasteiger partial charge in [-0.2, -0.15) is 0 Å². The van der Waals surface area contributed by atoms with Crippen molar-refractivity contribution in [3.8, 4) is 28.7 Å². The summed E-state index contributed by atoms with van der Waals surface area (Å²) in [5.41, 5.74) is 2.66. The van der Waals surface area contributed by atoms with Crippen LogP contribution < -0.4 is 10.1 Å². The van der Waals surface area contributed by atoms with Crippen molar-refractivity contribution < 1.29 is 18.4 Å². The summed E-state index contributed by atoms with van der Waals surface area (Å²) in [6, 6.07) is 20.0. The predicted octanol–water partition coefficient (Wildman–Crippen LogP) is 4.81. The minimum Gasteiger partial charge on any atom is -0.497 e. The summed E-state index contributed by atoms with van der Waals surface area (Å²) in [4.78, 5) is 17.8. The number of nitrogens with one attached hydrogen (secondary N) is 1. The summed E-state index contributed by atoms with van der Waals surface area (Å²) >= 11 is 0. The Hall–Kier alpha value is -4.46. The predicted molar refractivity (Wildman–Crippen MR) is 114 cm³/mol. The average Bonchev–Trinajstić information content (AvgIpc) is 3.50. The summed E-state index contributed by atoms with van der Waals surface area (Å²) in [6.45, 7) is 0. The number of hydrogen-bond acceptors (Lipinski definition) is 7. The molecule has 0 atom stereocenters. The Balaban J connectivity index is 1.51. The molecular weight excluding hydrogens is 396 g/mol. The van der Waals surface area contributed by atoms with Gasteiger partial charge in [-0.15, -0.1) is 5.10 Å². The molecule has 0 bridgehead atoms. The molecule has 1 N–H and O–H groups in total. The van der Waals surface area contributed by atoms with Gasteiger partial charge in [-0.05, 0) is 48.5 Å². The molecule has 0 unspecified atom stereocenters. The van der Waals surface area contributed by atoms with E-state index in [-0.39, 0.29) is 17.8 Å². The molecule has 8 heteroatoms. The van der Waals surface area contributed by atoms with Crippen LogP contribution in [0.4, 0.5) is 6.01 Å². The number of methoxy groups -OCH3 is 1. The Morgan fingerprint density at radius 1 is 1.00 bits per heavy atom. The highest BCUT2D eigenvalue weighted by Crippen LogP contribution is 2.27. The largest absolute Gasteiger partial charge is 0.497 e. The first-order valence-corrected chi connectivity index (χ1v) is 9.44. The van der Waals surface area contributed by atoms with Gasteiger partial charge in [0.05, 0.1) is 30.1 Å². The lowest BCUT2D eigenvalue weighted by atomic mass is 10.0. The molecule has 5 rings (SSSR count). The Morgan fingerprint density at radius 2 is 1.84 bits per heavy atom. The third-order valence-electron chi connectivity index (χ3n) is 4.72. The maximum absolute atomic E-state index is 13.1. The molecule has 0 saturated carbocycles.